The highest BCUT2D eigenvalue weighted by atomic mass is 32.1. The van der Waals surface area contributed by atoms with Crippen molar-refractivity contribution in [3.8, 4) is 17.2 Å². The molecule has 0 amide bonds. The zero-order valence-electron chi connectivity index (χ0n) is 18.5. The molecule has 34 heavy (non-hydrogen) atoms. The fourth-order valence-electron chi connectivity index (χ4n) is 4.66. The van der Waals surface area contributed by atoms with Crippen LogP contribution in [0.3, 0.4) is 0 Å². The van der Waals surface area contributed by atoms with Crippen LogP contribution in [0.2, 0.25) is 0 Å². The first kappa shape index (κ1) is 24.2. The Balaban J connectivity index is 2.06. The number of hydrogen-bond donors (Lipinski definition) is 4. The molecule has 1 aliphatic rings. The second-order valence-corrected chi connectivity index (χ2v) is 8.69. The van der Waals surface area contributed by atoms with Gasteiger partial charge in [0, 0.05) is 16.8 Å². The number of carbonyl (C=O) groups excluding carboxylic acids is 1. The first-order valence-corrected chi connectivity index (χ1v) is 11.1. The van der Waals surface area contributed by atoms with Crippen molar-refractivity contribution in [2.45, 2.75) is 44.5 Å². The van der Waals surface area contributed by atoms with E-state index >= 15 is 0 Å². The third-order valence-electron chi connectivity index (χ3n) is 6.30. The smallest absolute Gasteiger partial charge is 0.164 e. The zero-order valence-corrected chi connectivity index (χ0v) is 19.4. The van der Waals surface area contributed by atoms with Crippen LogP contribution in [-0.4, -0.2) is 61.8 Å². The van der Waals surface area contributed by atoms with Crippen LogP contribution in [0.4, 0.5) is 0 Å². The molecule has 0 bridgehead atoms. The predicted octanol–water partition coefficient (Wildman–Crippen LogP) is 2.39. The summed E-state index contributed by atoms with van der Waals surface area (Å²) >= 11 is 5.64. The number of nitrogens with zero attached hydrogens (tertiary/aromatic N) is 2. The number of rotatable bonds is 4. The Labute approximate surface area is 200 Å². The lowest BCUT2D eigenvalue weighted by molar-refractivity contribution is -0.252. The summed E-state index contributed by atoms with van der Waals surface area (Å²) in [6.07, 6.45) is -7.33. The van der Waals surface area contributed by atoms with Crippen molar-refractivity contribution in [2.75, 3.05) is 6.61 Å². The Morgan fingerprint density at radius 1 is 1.12 bits per heavy atom. The van der Waals surface area contributed by atoms with Crippen molar-refractivity contribution < 1.29 is 30.0 Å². The SMILES string of the molecule is CC(=O)c1c(-c2cccc3ccccc23)c(C#N)c(=S)n([C@@H]2O[C@@H](CO)[C@@H](O)[C@@H](O)[C@@H]2O)c1C. The Kier molecular flexibility index (Phi) is 6.64. The van der Waals surface area contributed by atoms with E-state index in [2.05, 4.69) is 6.07 Å². The van der Waals surface area contributed by atoms with E-state index in [0.717, 1.165) is 10.8 Å². The summed E-state index contributed by atoms with van der Waals surface area (Å²) in [4.78, 5) is 12.9. The van der Waals surface area contributed by atoms with E-state index < -0.39 is 37.3 Å². The van der Waals surface area contributed by atoms with Crippen molar-refractivity contribution >= 4 is 28.8 Å². The van der Waals surface area contributed by atoms with Crippen LogP contribution in [0.1, 0.15) is 34.8 Å². The molecule has 0 aliphatic carbocycles. The lowest BCUT2D eigenvalue weighted by atomic mass is 9.89. The van der Waals surface area contributed by atoms with Crippen LogP contribution in [0.15, 0.2) is 42.5 Å². The van der Waals surface area contributed by atoms with Gasteiger partial charge in [0.1, 0.15) is 35.1 Å². The van der Waals surface area contributed by atoms with Gasteiger partial charge in [-0.25, -0.2) is 0 Å². The number of carbonyl (C=O) groups is 1. The van der Waals surface area contributed by atoms with Gasteiger partial charge in [-0.15, -0.1) is 0 Å². The van der Waals surface area contributed by atoms with Crippen LogP contribution < -0.4 is 0 Å². The highest BCUT2D eigenvalue weighted by Gasteiger charge is 2.45. The summed E-state index contributed by atoms with van der Waals surface area (Å²) in [5, 5.41) is 52.6. The highest BCUT2D eigenvalue weighted by Crippen LogP contribution is 2.39. The van der Waals surface area contributed by atoms with Crippen LogP contribution in [0.5, 0.6) is 0 Å². The molecule has 1 aliphatic heterocycles. The Hall–Kier alpha value is -2.97. The molecule has 2 heterocycles. The fourth-order valence-corrected chi connectivity index (χ4v) is 5.04. The molecule has 0 spiro atoms. The average Bonchev–Trinajstić information content (AvgIpc) is 2.83. The lowest BCUT2D eigenvalue weighted by Crippen LogP contribution is -2.56. The van der Waals surface area contributed by atoms with E-state index in [9.17, 15) is 30.5 Å². The molecule has 2 aromatic carbocycles. The minimum Gasteiger partial charge on any atom is -0.394 e. The maximum Gasteiger partial charge on any atom is 0.164 e. The van der Waals surface area contributed by atoms with Crippen molar-refractivity contribution in [1.29, 1.82) is 5.26 Å². The topological polar surface area (TPSA) is 136 Å². The summed E-state index contributed by atoms with van der Waals surface area (Å²) in [6.45, 7) is 2.37. The molecule has 9 heteroatoms. The molecule has 176 valence electrons. The molecular formula is C25H24N2O6S. The van der Waals surface area contributed by atoms with Crippen molar-refractivity contribution in [3.63, 3.8) is 0 Å². The van der Waals surface area contributed by atoms with Gasteiger partial charge in [-0.3, -0.25) is 4.79 Å². The molecule has 8 nitrogen and oxygen atoms in total. The maximum atomic E-state index is 12.9. The number of benzene rings is 2. The molecule has 0 saturated carbocycles. The number of Topliss-reactive ketones (excluding diaryl/α,β-unsaturated/α-hetero) is 1. The third-order valence-corrected chi connectivity index (χ3v) is 6.70. The molecule has 5 atom stereocenters. The van der Waals surface area contributed by atoms with E-state index in [1.54, 1.807) is 6.92 Å². The average molecular weight is 481 g/mol. The van der Waals surface area contributed by atoms with E-state index in [1.165, 1.54) is 11.5 Å². The molecule has 4 rings (SSSR count). The fraction of sp³-hybridized carbons (Fsp3) is 0.320. The molecule has 0 radical (unpaired) electrons. The normalized spacial score (nSPS) is 24.7. The van der Waals surface area contributed by atoms with Gasteiger partial charge >= 0.3 is 0 Å². The minimum absolute atomic E-state index is 0.00253. The van der Waals surface area contributed by atoms with Crippen LogP contribution >= 0.6 is 12.2 Å². The van der Waals surface area contributed by atoms with Gasteiger partial charge in [-0.05, 0) is 30.2 Å². The Bertz CT molecular complexity index is 1370. The Morgan fingerprint density at radius 3 is 2.44 bits per heavy atom. The molecule has 3 aromatic rings. The zero-order chi connectivity index (χ0) is 24.7. The second-order valence-electron chi connectivity index (χ2n) is 8.30. The summed E-state index contributed by atoms with van der Waals surface area (Å²) in [5.74, 6) is -0.328. The molecule has 0 unspecified atom stereocenters. The summed E-state index contributed by atoms with van der Waals surface area (Å²) in [7, 11) is 0. The Morgan fingerprint density at radius 2 is 1.79 bits per heavy atom. The molecule has 1 aromatic heterocycles. The van der Waals surface area contributed by atoms with E-state index in [0.29, 0.717) is 16.8 Å². The number of ether oxygens (including phenoxy) is 1. The van der Waals surface area contributed by atoms with Gasteiger partial charge in [0.05, 0.1) is 12.2 Å². The van der Waals surface area contributed by atoms with E-state index in [1.807, 2.05) is 42.5 Å². The number of nitriles is 1. The number of fused-ring (bicyclic) bond motifs is 1. The van der Waals surface area contributed by atoms with Gasteiger partial charge in [0.25, 0.3) is 0 Å². The van der Waals surface area contributed by atoms with Gasteiger partial charge in [-0.1, -0.05) is 54.7 Å². The molecule has 1 fully saturated rings. The van der Waals surface area contributed by atoms with E-state index in [4.69, 9.17) is 17.0 Å². The second kappa shape index (κ2) is 9.35. The van der Waals surface area contributed by atoms with Gasteiger partial charge in [0.2, 0.25) is 0 Å². The molecular weight excluding hydrogens is 456 g/mol. The predicted molar refractivity (Wildman–Crippen MR) is 127 cm³/mol. The van der Waals surface area contributed by atoms with Crippen LogP contribution in [0, 0.1) is 22.9 Å². The summed E-state index contributed by atoms with van der Waals surface area (Å²) < 4.78 is 7.00. The number of ketones is 1. The van der Waals surface area contributed by atoms with Crippen molar-refractivity contribution in [3.05, 3.63) is 63.9 Å². The van der Waals surface area contributed by atoms with Gasteiger partial charge in [0.15, 0.2) is 12.0 Å². The first-order valence-electron chi connectivity index (χ1n) is 10.7. The summed E-state index contributed by atoms with van der Waals surface area (Å²) in [5.41, 5.74) is 1.63. The third kappa shape index (κ3) is 3.75. The summed E-state index contributed by atoms with van der Waals surface area (Å²) in [6, 6.07) is 15.3. The molecule has 4 N–H and O–H groups in total. The number of hydrogen-bond acceptors (Lipinski definition) is 8. The first-order chi connectivity index (χ1) is 16.2. The highest BCUT2D eigenvalue weighted by molar-refractivity contribution is 7.71. The maximum absolute atomic E-state index is 12.9. The number of aromatic nitrogens is 1. The standard InChI is InChI=1S/C25H24N2O6S/c1-12-19(13(2)29)20(16-9-5-7-14-6-3-4-8-15(14)16)17(10-26)25(34)27(12)24-23(32)22(31)21(30)18(11-28)33-24/h3-9,18,21-24,28,30-32H,11H2,1-2H3/t18-,21+,22+,23-,24+/m0/s1. The van der Waals surface area contributed by atoms with Crippen LogP contribution in [0.25, 0.3) is 21.9 Å². The lowest BCUT2D eigenvalue weighted by Gasteiger charge is -2.41. The minimum atomic E-state index is -1.64. The molecule has 1 saturated heterocycles. The van der Waals surface area contributed by atoms with E-state index in [-0.39, 0.29) is 21.6 Å². The van der Waals surface area contributed by atoms with Crippen LogP contribution in [-0.2, 0) is 4.74 Å². The van der Waals surface area contributed by atoms with Gasteiger partial charge < -0.3 is 29.7 Å². The van der Waals surface area contributed by atoms with Crippen molar-refractivity contribution in [1.82, 2.24) is 4.57 Å². The van der Waals surface area contributed by atoms with Gasteiger partial charge in [-0.2, -0.15) is 5.26 Å². The number of aliphatic hydroxyl groups excluding tert-OH is 4. The number of aliphatic hydroxyl groups is 4. The quantitative estimate of drug-likeness (QED) is 0.330. The largest absolute Gasteiger partial charge is 0.394 e. The van der Waals surface area contributed by atoms with Crippen molar-refractivity contribution in [2.24, 2.45) is 0 Å². The number of pyridine rings is 1. The monoisotopic (exact) mass is 480 g/mol.